The summed E-state index contributed by atoms with van der Waals surface area (Å²) in [5.41, 5.74) is 0.875. The molecule has 0 saturated carbocycles. The van der Waals surface area contributed by atoms with Gasteiger partial charge in [0.25, 0.3) is 0 Å². The van der Waals surface area contributed by atoms with Gasteiger partial charge in [-0.3, -0.25) is 4.79 Å². The molecular formula is C29H36O14. The van der Waals surface area contributed by atoms with E-state index in [2.05, 4.69) is 0 Å². The predicted octanol–water partition coefficient (Wildman–Crippen LogP) is -0.950. The summed E-state index contributed by atoms with van der Waals surface area (Å²) >= 11 is 0. The number of ketones is 1. The Morgan fingerprint density at radius 3 is 2.23 bits per heavy atom. The zero-order chi connectivity index (χ0) is 31.2. The van der Waals surface area contributed by atoms with Crippen LogP contribution in [0.15, 0.2) is 30.3 Å². The van der Waals surface area contributed by atoms with E-state index in [9.17, 15) is 45.6 Å². The molecule has 2 fully saturated rings. The van der Waals surface area contributed by atoms with Crippen molar-refractivity contribution in [1.29, 1.82) is 0 Å². The van der Waals surface area contributed by atoms with Gasteiger partial charge in [0.15, 0.2) is 23.6 Å². The van der Waals surface area contributed by atoms with Crippen LogP contribution in [-0.2, 0) is 20.6 Å². The lowest BCUT2D eigenvalue weighted by atomic mass is 9.90. The van der Waals surface area contributed by atoms with Crippen molar-refractivity contribution in [1.82, 2.24) is 0 Å². The number of hydrogen-bond acceptors (Lipinski definition) is 14. The zero-order valence-corrected chi connectivity index (χ0v) is 23.4. The van der Waals surface area contributed by atoms with Gasteiger partial charge in [-0.2, -0.15) is 0 Å². The lowest BCUT2D eigenvalue weighted by Crippen LogP contribution is -2.61. The number of phenols is 2. The van der Waals surface area contributed by atoms with Gasteiger partial charge in [-0.05, 0) is 42.3 Å². The Morgan fingerprint density at radius 1 is 0.837 bits per heavy atom. The van der Waals surface area contributed by atoms with Crippen LogP contribution in [-0.4, -0.2) is 122 Å². The number of fused-ring (bicyclic) bond motifs is 1. The van der Waals surface area contributed by atoms with Gasteiger partial charge in [0.1, 0.15) is 65.9 Å². The van der Waals surface area contributed by atoms with Crippen molar-refractivity contribution in [2.24, 2.45) is 0 Å². The number of rotatable bonds is 7. The van der Waals surface area contributed by atoms with Crippen molar-refractivity contribution in [3.05, 3.63) is 47.0 Å². The normalized spacial score (nSPS) is 36.1. The second-order valence-corrected chi connectivity index (χ2v) is 11.1. The molecule has 2 aromatic rings. The van der Waals surface area contributed by atoms with Crippen molar-refractivity contribution in [3.63, 3.8) is 0 Å². The molecule has 2 aromatic carbocycles. The fourth-order valence-corrected chi connectivity index (χ4v) is 5.61. The maximum Gasteiger partial charge on any atom is 0.186 e. The first-order valence-corrected chi connectivity index (χ1v) is 13.8. The van der Waals surface area contributed by atoms with E-state index in [0.717, 1.165) is 0 Å². The summed E-state index contributed by atoms with van der Waals surface area (Å²) in [5, 5.41) is 82.7. The second-order valence-electron chi connectivity index (χ2n) is 11.1. The van der Waals surface area contributed by atoms with E-state index in [1.54, 1.807) is 6.07 Å². The molecule has 0 unspecified atom stereocenters. The van der Waals surface area contributed by atoms with E-state index in [0.29, 0.717) is 11.1 Å². The lowest BCUT2D eigenvalue weighted by Gasteiger charge is -2.42. The number of carbonyl (C=O) groups excluding carboxylic acids is 1. The van der Waals surface area contributed by atoms with Crippen LogP contribution < -0.4 is 9.47 Å². The van der Waals surface area contributed by atoms with E-state index in [1.807, 2.05) is 0 Å². The molecule has 3 aliphatic rings. The number of benzene rings is 2. The molecule has 0 bridgehead atoms. The summed E-state index contributed by atoms with van der Waals surface area (Å²) in [5.74, 6) is -0.529. The monoisotopic (exact) mass is 608 g/mol. The Balaban J connectivity index is 1.30. The van der Waals surface area contributed by atoms with Crippen LogP contribution in [0.1, 0.15) is 40.9 Å². The smallest absolute Gasteiger partial charge is 0.186 e. The van der Waals surface area contributed by atoms with Gasteiger partial charge in [-0.25, -0.2) is 0 Å². The number of hydrogen-bond donors (Lipinski definition) is 8. The van der Waals surface area contributed by atoms with Crippen molar-refractivity contribution in [2.45, 2.75) is 87.1 Å². The Bertz CT molecular complexity index is 1320. The van der Waals surface area contributed by atoms with Gasteiger partial charge < -0.3 is 64.5 Å². The van der Waals surface area contributed by atoms with Gasteiger partial charge in [-0.1, -0.05) is 6.07 Å². The highest BCUT2D eigenvalue weighted by molar-refractivity contribution is 6.02. The summed E-state index contributed by atoms with van der Waals surface area (Å²) in [6, 6.07) is 7.43. The van der Waals surface area contributed by atoms with Gasteiger partial charge >= 0.3 is 0 Å². The number of Topliss-reactive ketones (excluding diaryl/α,β-unsaturated/α-hetero) is 1. The Labute approximate surface area is 246 Å². The van der Waals surface area contributed by atoms with E-state index < -0.39 is 73.9 Å². The molecule has 5 rings (SSSR count). The van der Waals surface area contributed by atoms with Crippen LogP contribution in [0.2, 0.25) is 0 Å². The highest BCUT2D eigenvalue weighted by Gasteiger charge is 2.46. The maximum absolute atomic E-state index is 12.9. The summed E-state index contributed by atoms with van der Waals surface area (Å²) in [6.07, 6.45) is -14.7. The third-order valence-electron chi connectivity index (χ3n) is 8.12. The molecule has 0 amide bonds. The van der Waals surface area contributed by atoms with Gasteiger partial charge in [0, 0.05) is 6.42 Å². The van der Waals surface area contributed by atoms with E-state index in [4.69, 9.17) is 23.7 Å². The highest BCUT2D eigenvalue weighted by Crippen LogP contribution is 2.42. The topological polar surface area (TPSA) is 225 Å². The van der Waals surface area contributed by atoms with Gasteiger partial charge in [0.2, 0.25) is 0 Å². The number of aliphatic hydroxyl groups excluding tert-OH is 6. The lowest BCUT2D eigenvalue weighted by molar-refractivity contribution is -0.308. The van der Waals surface area contributed by atoms with Crippen molar-refractivity contribution < 1.29 is 69.3 Å². The minimum atomic E-state index is -1.65. The molecule has 0 aromatic heterocycles. The summed E-state index contributed by atoms with van der Waals surface area (Å²) in [6.45, 7) is 1.06. The molecule has 11 atom stereocenters. The minimum absolute atomic E-state index is 0.0165. The quantitative estimate of drug-likeness (QED) is 0.190. The van der Waals surface area contributed by atoms with Crippen LogP contribution in [0.4, 0.5) is 0 Å². The molecule has 2 saturated heterocycles. The first kappa shape index (κ1) is 31.4. The van der Waals surface area contributed by atoms with Gasteiger partial charge in [0.05, 0.1) is 32.3 Å². The number of ether oxygens (including phenoxy) is 5. The fraction of sp³-hybridized carbons (Fsp3) is 0.552. The van der Waals surface area contributed by atoms with Crippen LogP contribution in [0.5, 0.6) is 23.0 Å². The molecule has 0 aliphatic carbocycles. The van der Waals surface area contributed by atoms with E-state index in [-0.39, 0.29) is 47.2 Å². The molecule has 3 heterocycles. The van der Waals surface area contributed by atoms with Crippen LogP contribution in [0.3, 0.4) is 0 Å². The van der Waals surface area contributed by atoms with E-state index in [1.165, 1.54) is 38.3 Å². The number of methoxy groups -OCH3 is 1. The third-order valence-corrected chi connectivity index (χ3v) is 8.12. The number of phenolic OH excluding ortho intramolecular Hbond substituents is 2. The minimum Gasteiger partial charge on any atom is -0.507 e. The van der Waals surface area contributed by atoms with Crippen molar-refractivity contribution in [2.75, 3.05) is 13.7 Å². The molecule has 14 nitrogen and oxygen atoms in total. The number of carbonyl (C=O) groups is 1. The molecule has 14 heteroatoms. The van der Waals surface area contributed by atoms with Crippen molar-refractivity contribution in [3.8, 4) is 23.0 Å². The molecule has 3 aliphatic heterocycles. The summed E-state index contributed by atoms with van der Waals surface area (Å²) in [7, 11) is 1.41. The largest absolute Gasteiger partial charge is 0.507 e. The molecule has 0 spiro atoms. The fourth-order valence-electron chi connectivity index (χ4n) is 5.61. The van der Waals surface area contributed by atoms with Crippen molar-refractivity contribution >= 4 is 5.78 Å². The standard InChI is InChI=1S/C29H36O14/c1-11-23(33)26(36)28(38)29(41-11)40-10-21-25(35)27(37)24(34)20(43-21)7-12-5-15(31)22-16(32)9-18(42-19(22)6-12)13-3-4-17(39-2)14(30)8-13/h3-6,8,11,18,20-21,23-31,33-38H,7,9-10H2,1-2H3/t11-,18-,20-,21+,23-,24-,25+,26+,27+,28+,29+/m0/s1. The maximum atomic E-state index is 12.9. The SMILES string of the molecule is COc1ccc([C@@H]2CC(=O)c3c(O)cc(C[C@@H]4O[C@H](CO[C@@H]5O[C@@H](C)[C@H](O)[C@@H](O)[C@H]5O)[C@@H](O)[C@H](O)[C@H]4O)cc3O2)cc1O. The second kappa shape index (κ2) is 12.5. The van der Waals surface area contributed by atoms with Crippen LogP contribution in [0, 0.1) is 0 Å². The summed E-state index contributed by atoms with van der Waals surface area (Å²) in [4.78, 5) is 12.9. The molecular weight excluding hydrogens is 572 g/mol. The van der Waals surface area contributed by atoms with E-state index >= 15 is 0 Å². The molecule has 236 valence electrons. The summed E-state index contributed by atoms with van der Waals surface area (Å²) < 4.78 is 27.9. The Morgan fingerprint density at radius 2 is 1.53 bits per heavy atom. The average Bonchev–Trinajstić information content (AvgIpc) is 2.97. The zero-order valence-electron chi connectivity index (χ0n) is 23.4. The predicted molar refractivity (Wildman–Crippen MR) is 144 cm³/mol. The van der Waals surface area contributed by atoms with Crippen LogP contribution in [0.25, 0.3) is 0 Å². The van der Waals surface area contributed by atoms with Gasteiger partial charge in [-0.15, -0.1) is 0 Å². The molecule has 43 heavy (non-hydrogen) atoms. The number of aliphatic hydroxyl groups is 6. The first-order chi connectivity index (χ1) is 20.4. The van der Waals surface area contributed by atoms with Crippen LogP contribution >= 0.6 is 0 Å². The molecule has 0 radical (unpaired) electrons. The highest BCUT2D eigenvalue weighted by atomic mass is 16.7. The Kier molecular flexibility index (Phi) is 9.13. The third kappa shape index (κ3) is 6.16. The first-order valence-electron chi connectivity index (χ1n) is 13.8. The molecule has 8 N–H and O–H groups in total. The Hall–Kier alpha value is -3.05. The number of aromatic hydroxyl groups is 2. The average molecular weight is 609 g/mol.